The van der Waals surface area contributed by atoms with E-state index in [1.54, 1.807) is 0 Å². The minimum atomic E-state index is 1.15. The standard InChI is InChI=1S/C44H80N/c1-3-5-7-9-11-13-15-17-19-21-23-25-27-29-31-33-35-37-39-43-41-42-45-44(43)40-38-36-34-32-30-28-26-24-22-20-18-16-14-12-10-8-6-4-2/h37-42H,3-36H2,1-2H3. The van der Waals surface area contributed by atoms with Crippen LogP contribution in [-0.2, 0) is 0 Å². The van der Waals surface area contributed by atoms with Gasteiger partial charge in [0.15, 0.2) is 0 Å². The molecule has 1 aliphatic rings. The van der Waals surface area contributed by atoms with E-state index in [0.717, 1.165) is 5.70 Å². The van der Waals surface area contributed by atoms with Crippen molar-refractivity contribution < 1.29 is 0 Å². The number of nitrogens with zero attached hydrogens (tertiary/aromatic N) is 1. The summed E-state index contributed by atoms with van der Waals surface area (Å²) in [6, 6.07) is 0. The highest BCUT2D eigenvalue weighted by molar-refractivity contribution is 5.44. The van der Waals surface area contributed by atoms with Gasteiger partial charge in [-0.15, -0.1) is 0 Å². The van der Waals surface area contributed by atoms with E-state index in [1.165, 1.54) is 224 Å². The molecular formula is C44H80N. The van der Waals surface area contributed by atoms with E-state index in [2.05, 4.69) is 49.5 Å². The third-order valence-electron chi connectivity index (χ3n) is 9.79. The van der Waals surface area contributed by atoms with Crippen molar-refractivity contribution in [1.82, 2.24) is 5.32 Å². The molecule has 0 aromatic carbocycles. The predicted octanol–water partition coefficient (Wildman–Crippen LogP) is 15.8. The zero-order chi connectivity index (χ0) is 32.1. The Hall–Kier alpha value is -1.24. The van der Waals surface area contributed by atoms with Gasteiger partial charge >= 0.3 is 0 Å². The maximum atomic E-state index is 4.59. The second-order valence-corrected chi connectivity index (χ2v) is 14.3. The molecular weight excluding hydrogens is 542 g/mol. The Labute approximate surface area is 284 Å². The number of hydrogen-bond donors (Lipinski definition) is 0. The first kappa shape index (κ1) is 41.8. The van der Waals surface area contributed by atoms with Crippen LogP contribution in [0.4, 0.5) is 0 Å². The van der Waals surface area contributed by atoms with Crippen molar-refractivity contribution >= 4 is 0 Å². The highest BCUT2D eigenvalue weighted by Crippen LogP contribution is 2.18. The van der Waals surface area contributed by atoms with E-state index >= 15 is 0 Å². The van der Waals surface area contributed by atoms with Crippen LogP contribution in [0.3, 0.4) is 0 Å². The molecule has 0 aromatic heterocycles. The zero-order valence-corrected chi connectivity index (χ0v) is 31.0. The second-order valence-electron chi connectivity index (χ2n) is 14.3. The summed E-state index contributed by atoms with van der Waals surface area (Å²) in [6.07, 6.45) is 61.7. The van der Waals surface area contributed by atoms with Crippen molar-refractivity contribution in [3.8, 4) is 0 Å². The zero-order valence-electron chi connectivity index (χ0n) is 31.0. The van der Waals surface area contributed by atoms with Gasteiger partial charge in [0.2, 0.25) is 0 Å². The molecule has 1 nitrogen and oxygen atoms in total. The van der Waals surface area contributed by atoms with E-state index in [0.29, 0.717) is 0 Å². The molecule has 1 aliphatic heterocycles. The number of unbranched alkanes of at least 4 members (excludes halogenated alkanes) is 32. The van der Waals surface area contributed by atoms with Crippen molar-refractivity contribution in [3.63, 3.8) is 0 Å². The van der Waals surface area contributed by atoms with Crippen LogP contribution < -0.4 is 5.32 Å². The van der Waals surface area contributed by atoms with Crippen LogP contribution in [0.5, 0.6) is 0 Å². The van der Waals surface area contributed by atoms with E-state index in [4.69, 9.17) is 0 Å². The van der Waals surface area contributed by atoms with Crippen molar-refractivity contribution in [2.75, 3.05) is 0 Å². The molecule has 0 N–H and O–H groups in total. The van der Waals surface area contributed by atoms with Gasteiger partial charge in [-0.2, -0.15) is 0 Å². The molecule has 45 heavy (non-hydrogen) atoms. The molecule has 0 unspecified atom stereocenters. The summed E-state index contributed by atoms with van der Waals surface area (Å²) in [5.74, 6) is 0. The SMILES string of the molecule is CCCCCCCCCCCCCCCCCCC=CC1=C(C=CCCCCCCCCCCCCCCCCCC)[N]C=C1. The molecule has 1 radical (unpaired) electrons. The van der Waals surface area contributed by atoms with E-state index in [1.807, 2.05) is 6.20 Å². The van der Waals surface area contributed by atoms with Gasteiger partial charge in [0, 0.05) is 11.8 Å². The van der Waals surface area contributed by atoms with Gasteiger partial charge in [-0.3, -0.25) is 5.32 Å². The van der Waals surface area contributed by atoms with Gasteiger partial charge in [0.25, 0.3) is 0 Å². The molecule has 0 bridgehead atoms. The van der Waals surface area contributed by atoms with Crippen LogP contribution in [0.25, 0.3) is 0 Å². The fourth-order valence-electron chi connectivity index (χ4n) is 6.66. The number of allylic oxidation sites excluding steroid dienone is 6. The Balaban J connectivity index is 1.88. The Kier molecular flexibility index (Phi) is 33.1. The summed E-state index contributed by atoms with van der Waals surface area (Å²) in [4.78, 5) is 0. The van der Waals surface area contributed by atoms with Crippen molar-refractivity contribution in [1.29, 1.82) is 0 Å². The van der Waals surface area contributed by atoms with E-state index in [-0.39, 0.29) is 0 Å². The smallest absolute Gasteiger partial charge is 0.0699 e. The van der Waals surface area contributed by atoms with Crippen LogP contribution in [0.1, 0.15) is 232 Å². The molecule has 0 saturated carbocycles. The van der Waals surface area contributed by atoms with Crippen LogP contribution in [-0.4, -0.2) is 0 Å². The van der Waals surface area contributed by atoms with Gasteiger partial charge in [-0.1, -0.05) is 225 Å². The average Bonchev–Trinajstić information content (AvgIpc) is 3.50. The summed E-state index contributed by atoms with van der Waals surface area (Å²) < 4.78 is 0. The van der Waals surface area contributed by atoms with Gasteiger partial charge in [0.05, 0.1) is 5.70 Å². The van der Waals surface area contributed by atoms with Crippen molar-refractivity contribution in [3.05, 3.63) is 47.9 Å². The fraction of sp³-hybridized carbons (Fsp3) is 0.818. The van der Waals surface area contributed by atoms with E-state index in [9.17, 15) is 0 Å². The number of hydrogen-bond acceptors (Lipinski definition) is 0. The molecule has 0 spiro atoms. The summed E-state index contributed by atoms with van der Waals surface area (Å²) >= 11 is 0. The average molecular weight is 623 g/mol. The third-order valence-corrected chi connectivity index (χ3v) is 9.79. The van der Waals surface area contributed by atoms with Gasteiger partial charge in [0.1, 0.15) is 0 Å². The Morgan fingerprint density at radius 1 is 0.378 bits per heavy atom. The quantitative estimate of drug-likeness (QED) is 0.0617. The van der Waals surface area contributed by atoms with Crippen LogP contribution >= 0.6 is 0 Å². The molecule has 1 heterocycles. The summed E-state index contributed by atoms with van der Waals surface area (Å²) in [7, 11) is 0. The first-order chi connectivity index (χ1) is 22.4. The summed E-state index contributed by atoms with van der Waals surface area (Å²) in [6.45, 7) is 4.61. The monoisotopic (exact) mass is 623 g/mol. The minimum Gasteiger partial charge on any atom is -0.256 e. The van der Waals surface area contributed by atoms with Crippen molar-refractivity contribution in [2.24, 2.45) is 0 Å². The molecule has 0 amide bonds. The minimum absolute atomic E-state index is 1.15. The first-order valence-electron chi connectivity index (χ1n) is 20.8. The maximum Gasteiger partial charge on any atom is 0.0699 e. The molecule has 0 fully saturated rings. The lowest BCUT2D eigenvalue weighted by Gasteiger charge is -2.03. The number of rotatable bonds is 36. The molecule has 0 saturated heterocycles. The lowest BCUT2D eigenvalue weighted by atomic mass is 10.0. The topological polar surface area (TPSA) is 14.1 Å². The van der Waals surface area contributed by atoms with Crippen LogP contribution in [0.2, 0.25) is 0 Å². The highest BCUT2D eigenvalue weighted by Gasteiger charge is 2.04. The summed E-state index contributed by atoms with van der Waals surface area (Å²) in [5.41, 5.74) is 2.43. The Bertz CT molecular complexity index is 710. The predicted molar refractivity (Wildman–Crippen MR) is 205 cm³/mol. The second kappa shape index (κ2) is 35.6. The normalized spacial score (nSPS) is 13.3. The van der Waals surface area contributed by atoms with Crippen molar-refractivity contribution in [2.45, 2.75) is 232 Å². The molecule has 0 atom stereocenters. The fourth-order valence-corrected chi connectivity index (χ4v) is 6.66. The van der Waals surface area contributed by atoms with Crippen LogP contribution in [0, 0.1) is 0 Å². The molecule has 1 heteroatoms. The lowest BCUT2D eigenvalue weighted by molar-refractivity contribution is 0.530. The maximum absolute atomic E-state index is 4.59. The van der Waals surface area contributed by atoms with Gasteiger partial charge < -0.3 is 0 Å². The largest absolute Gasteiger partial charge is 0.256 e. The van der Waals surface area contributed by atoms with E-state index < -0.39 is 0 Å². The highest BCUT2D eigenvalue weighted by atomic mass is 14.9. The van der Waals surface area contributed by atoms with Gasteiger partial charge in [-0.25, -0.2) is 0 Å². The molecule has 261 valence electrons. The molecule has 1 rings (SSSR count). The molecule has 0 aliphatic carbocycles. The first-order valence-corrected chi connectivity index (χ1v) is 20.8. The Morgan fingerprint density at radius 2 is 0.667 bits per heavy atom. The lowest BCUT2D eigenvalue weighted by Crippen LogP contribution is -1.89. The van der Waals surface area contributed by atoms with Crippen LogP contribution in [0.15, 0.2) is 47.9 Å². The summed E-state index contributed by atoms with van der Waals surface area (Å²) in [5, 5.41) is 4.59. The Morgan fingerprint density at radius 3 is 1.00 bits per heavy atom. The third kappa shape index (κ3) is 29.9. The van der Waals surface area contributed by atoms with Gasteiger partial charge in [-0.05, 0) is 37.8 Å². The molecule has 0 aromatic rings.